The zero-order chi connectivity index (χ0) is 23.3. The van der Waals surface area contributed by atoms with Crippen molar-refractivity contribution in [3.05, 3.63) is 63.6 Å². The van der Waals surface area contributed by atoms with Gasteiger partial charge in [-0.15, -0.1) is 0 Å². The number of carbonyl (C=O) groups is 2. The summed E-state index contributed by atoms with van der Waals surface area (Å²) in [5.74, 6) is -0.926. The van der Waals surface area contributed by atoms with E-state index in [0.29, 0.717) is 0 Å². The Kier molecular flexibility index (Phi) is 8.34. The molecule has 1 atom stereocenters. The molecule has 10 heteroatoms. The van der Waals surface area contributed by atoms with Crippen molar-refractivity contribution in [3.8, 4) is 0 Å². The summed E-state index contributed by atoms with van der Waals surface area (Å²) < 4.78 is 25.9. The molecular formula is C21H25Cl2N3O4S. The van der Waals surface area contributed by atoms with Crippen LogP contribution < -0.4 is 9.62 Å². The molecule has 0 saturated carbocycles. The Hall–Kier alpha value is -2.29. The third-order valence-corrected chi connectivity index (χ3v) is 6.42. The fourth-order valence-corrected chi connectivity index (χ4v) is 4.24. The lowest BCUT2D eigenvalue weighted by Gasteiger charge is -2.31. The Morgan fingerprint density at radius 3 is 2.26 bits per heavy atom. The first-order chi connectivity index (χ1) is 14.4. The van der Waals surface area contributed by atoms with Crippen LogP contribution >= 0.6 is 23.2 Å². The lowest BCUT2D eigenvalue weighted by molar-refractivity contribution is -0.139. The van der Waals surface area contributed by atoms with Gasteiger partial charge in [0.15, 0.2) is 0 Å². The van der Waals surface area contributed by atoms with E-state index in [1.807, 2.05) is 31.2 Å². The zero-order valence-electron chi connectivity index (χ0n) is 17.7. The van der Waals surface area contributed by atoms with E-state index in [1.165, 1.54) is 30.1 Å². The number of anilines is 1. The van der Waals surface area contributed by atoms with Gasteiger partial charge in [0.05, 0.1) is 17.0 Å². The topological polar surface area (TPSA) is 86.8 Å². The molecule has 0 aliphatic heterocycles. The second kappa shape index (κ2) is 10.3. The summed E-state index contributed by atoms with van der Waals surface area (Å²) in [6.07, 6.45) is 0.976. The van der Waals surface area contributed by atoms with Crippen molar-refractivity contribution in [3.63, 3.8) is 0 Å². The third kappa shape index (κ3) is 6.59. The van der Waals surface area contributed by atoms with Crippen LogP contribution in [0.25, 0.3) is 0 Å². The van der Waals surface area contributed by atoms with Gasteiger partial charge in [0.25, 0.3) is 0 Å². The lowest BCUT2D eigenvalue weighted by atomic mass is 10.1. The minimum absolute atomic E-state index is 0.0906. The summed E-state index contributed by atoms with van der Waals surface area (Å²) in [5.41, 5.74) is 1.95. The quantitative estimate of drug-likeness (QED) is 0.621. The molecule has 168 valence electrons. The smallest absolute Gasteiger partial charge is 0.244 e. The maximum atomic E-state index is 13.3. The van der Waals surface area contributed by atoms with Crippen LogP contribution in [0.2, 0.25) is 10.0 Å². The van der Waals surface area contributed by atoms with Crippen LogP contribution in [0.1, 0.15) is 18.1 Å². The Balaban J connectivity index is 2.42. The Morgan fingerprint density at radius 2 is 1.71 bits per heavy atom. The van der Waals surface area contributed by atoms with Crippen LogP contribution in [0.4, 0.5) is 5.69 Å². The molecule has 0 fully saturated rings. The summed E-state index contributed by atoms with van der Waals surface area (Å²) in [7, 11) is -2.40. The third-order valence-electron chi connectivity index (χ3n) is 4.74. The van der Waals surface area contributed by atoms with E-state index >= 15 is 0 Å². The molecule has 0 bridgehead atoms. The van der Waals surface area contributed by atoms with Gasteiger partial charge in [0, 0.05) is 18.6 Å². The number of aryl methyl sites for hydroxylation is 1. The second-order valence-electron chi connectivity index (χ2n) is 7.16. The van der Waals surface area contributed by atoms with Gasteiger partial charge >= 0.3 is 0 Å². The predicted octanol–water partition coefficient (Wildman–Crippen LogP) is 3.23. The number of halogens is 2. The van der Waals surface area contributed by atoms with E-state index < -0.39 is 28.5 Å². The van der Waals surface area contributed by atoms with Gasteiger partial charge in [-0.25, -0.2) is 8.42 Å². The summed E-state index contributed by atoms with van der Waals surface area (Å²) in [6.45, 7) is 3.13. The first kappa shape index (κ1) is 25.0. The number of likely N-dealkylation sites (N-methyl/N-ethyl adjacent to an activating group) is 1. The number of hydrogen-bond donors (Lipinski definition) is 1. The first-order valence-electron chi connectivity index (χ1n) is 9.43. The Morgan fingerprint density at radius 1 is 1.10 bits per heavy atom. The molecule has 2 rings (SSSR count). The van der Waals surface area contributed by atoms with E-state index in [4.69, 9.17) is 23.2 Å². The molecule has 0 spiro atoms. The molecule has 0 radical (unpaired) electrons. The predicted molar refractivity (Wildman–Crippen MR) is 124 cm³/mol. The summed E-state index contributed by atoms with van der Waals surface area (Å²) in [4.78, 5) is 26.9. The fraction of sp³-hybridized carbons (Fsp3) is 0.333. The van der Waals surface area contributed by atoms with Crippen LogP contribution in [0.3, 0.4) is 0 Å². The zero-order valence-corrected chi connectivity index (χ0v) is 20.1. The van der Waals surface area contributed by atoms with Gasteiger partial charge < -0.3 is 10.2 Å². The average molecular weight is 486 g/mol. The van der Waals surface area contributed by atoms with Crippen LogP contribution in [0.15, 0.2) is 42.5 Å². The Bertz CT molecular complexity index is 1060. The van der Waals surface area contributed by atoms with Crippen molar-refractivity contribution in [1.29, 1.82) is 0 Å². The number of sulfonamides is 1. The molecule has 0 unspecified atom stereocenters. The summed E-state index contributed by atoms with van der Waals surface area (Å²) >= 11 is 12.2. The monoisotopic (exact) mass is 485 g/mol. The number of benzene rings is 2. The molecule has 0 aromatic heterocycles. The van der Waals surface area contributed by atoms with Crippen molar-refractivity contribution in [2.45, 2.75) is 26.4 Å². The van der Waals surface area contributed by atoms with Gasteiger partial charge in [-0.2, -0.15) is 0 Å². The molecule has 0 aliphatic carbocycles. The minimum Gasteiger partial charge on any atom is -0.357 e. The highest BCUT2D eigenvalue weighted by Gasteiger charge is 2.30. The SMILES string of the molecule is CNC(=O)[C@@H](C)N(Cc1ccc(C)cc1)C(=O)CN(c1cc(Cl)ccc1Cl)S(C)(=O)=O. The normalized spacial score (nSPS) is 12.2. The summed E-state index contributed by atoms with van der Waals surface area (Å²) in [6, 6.07) is 11.0. The van der Waals surface area contributed by atoms with E-state index in [9.17, 15) is 18.0 Å². The number of carbonyl (C=O) groups excluding carboxylic acids is 2. The van der Waals surface area contributed by atoms with Crippen molar-refractivity contribution >= 4 is 50.7 Å². The number of hydrogen-bond acceptors (Lipinski definition) is 4. The van der Waals surface area contributed by atoms with Crippen molar-refractivity contribution in [2.75, 3.05) is 24.2 Å². The molecule has 2 aromatic rings. The molecular weight excluding hydrogens is 461 g/mol. The number of nitrogens with zero attached hydrogens (tertiary/aromatic N) is 2. The molecule has 7 nitrogen and oxygen atoms in total. The van der Waals surface area contributed by atoms with Gasteiger partial charge in [-0.3, -0.25) is 13.9 Å². The highest BCUT2D eigenvalue weighted by molar-refractivity contribution is 7.92. The van der Waals surface area contributed by atoms with Gasteiger partial charge in [0.2, 0.25) is 21.8 Å². The van der Waals surface area contributed by atoms with Crippen LogP contribution in [-0.2, 0) is 26.2 Å². The standard InChI is InChI=1S/C21H25Cl2N3O4S/c1-14-5-7-16(8-6-14)12-25(15(2)21(28)24-3)20(27)13-26(31(4,29)30)19-11-17(22)9-10-18(19)23/h5-11,15H,12-13H2,1-4H3,(H,24,28)/t15-/m1/s1. The molecule has 31 heavy (non-hydrogen) atoms. The summed E-state index contributed by atoms with van der Waals surface area (Å²) in [5, 5.41) is 2.93. The largest absolute Gasteiger partial charge is 0.357 e. The molecule has 1 N–H and O–H groups in total. The van der Waals surface area contributed by atoms with Crippen molar-refractivity contribution in [2.24, 2.45) is 0 Å². The average Bonchev–Trinajstić information content (AvgIpc) is 2.71. The number of amides is 2. The van der Waals surface area contributed by atoms with E-state index in [0.717, 1.165) is 21.7 Å². The van der Waals surface area contributed by atoms with Gasteiger partial charge in [-0.05, 0) is 37.6 Å². The molecule has 0 aliphatic rings. The van der Waals surface area contributed by atoms with E-state index in [2.05, 4.69) is 5.32 Å². The lowest BCUT2D eigenvalue weighted by Crippen LogP contribution is -2.50. The highest BCUT2D eigenvalue weighted by Crippen LogP contribution is 2.30. The maximum absolute atomic E-state index is 13.3. The van der Waals surface area contributed by atoms with E-state index in [1.54, 1.807) is 6.92 Å². The van der Waals surface area contributed by atoms with Crippen molar-refractivity contribution in [1.82, 2.24) is 10.2 Å². The Labute approximate surface area is 193 Å². The second-order valence-corrected chi connectivity index (χ2v) is 9.91. The van der Waals surface area contributed by atoms with Crippen LogP contribution in [0, 0.1) is 6.92 Å². The minimum atomic E-state index is -3.87. The number of nitrogens with one attached hydrogen (secondary N) is 1. The number of rotatable bonds is 8. The molecule has 2 aromatic carbocycles. The van der Waals surface area contributed by atoms with Gasteiger partial charge in [-0.1, -0.05) is 53.0 Å². The van der Waals surface area contributed by atoms with Gasteiger partial charge in [0.1, 0.15) is 12.6 Å². The van der Waals surface area contributed by atoms with Crippen molar-refractivity contribution < 1.29 is 18.0 Å². The maximum Gasteiger partial charge on any atom is 0.244 e. The molecule has 0 heterocycles. The molecule has 2 amide bonds. The molecule has 0 saturated heterocycles. The first-order valence-corrected chi connectivity index (χ1v) is 12.0. The van der Waals surface area contributed by atoms with Crippen LogP contribution in [-0.4, -0.2) is 51.0 Å². The highest BCUT2D eigenvalue weighted by atomic mass is 35.5. The van der Waals surface area contributed by atoms with Crippen LogP contribution in [0.5, 0.6) is 0 Å². The van der Waals surface area contributed by atoms with E-state index in [-0.39, 0.29) is 28.2 Å². The fourth-order valence-electron chi connectivity index (χ4n) is 2.95.